The van der Waals surface area contributed by atoms with Gasteiger partial charge in [-0.15, -0.1) is 0 Å². The number of anilines is 1. The van der Waals surface area contributed by atoms with E-state index in [2.05, 4.69) is 20.2 Å². The van der Waals surface area contributed by atoms with Crippen LogP contribution < -0.4 is 11.1 Å². The van der Waals surface area contributed by atoms with E-state index in [0.717, 1.165) is 38.7 Å². The van der Waals surface area contributed by atoms with Gasteiger partial charge in [0.05, 0.1) is 19.8 Å². The number of aromatic nitrogens is 1. The van der Waals surface area contributed by atoms with Gasteiger partial charge in [-0.2, -0.15) is 0 Å². The first-order valence-corrected chi connectivity index (χ1v) is 8.59. The maximum atomic E-state index is 6.07. The van der Waals surface area contributed by atoms with Crippen molar-refractivity contribution in [3.05, 3.63) is 24.4 Å². The number of nitrogens with zero attached hydrogens (tertiary/aromatic N) is 3. The molecule has 1 saturated carbocycles. The molecule has 0 radical (unpaired) electrons. The molecule has 23 heavy (non-hydrogen) atoms. The second-order valence-corrected chi connectivity index (χ2v) is 6.43. The van der Waals surface area contributed by atoms with Gasteiger partial charge in [-0.25, -0.2) is 4.98 Å². The molecule has 2 aliphatic rings. The van der Waals surface area contributed by atoms with Gasteiger partial charge < -0.3 is 15.8 Å². The molecule has 0 spiro atoms. The smallest absolute Gasteiger partial charge is 0.194 e. The van der Waals surface area contributed by atoms with Gasteiger partial charge in [-0.3, -0.25) is 9.89 Å². The molecule has 2 fully saturated rings. The molecule has 1 saturated heterocycles. The summed E-state index contributed by atoms with van der Waals surface area (Å²) in [5.74, 6) is 1.18. The zero-order valence-electron chi connectivity index (χ0n) is 13.7. The van der Waals surface area contributed by atoms with Crippen LogP contribution in [0.5, 0.6) is 0 Å². The van der Waals surface area contributed by atoms with Crippen molar-refractivity contribution >= 4 is 11.8 Å². The summed E-state index contributed by atoms with van der Waals surface area (Å²) in [4.78, 5) is 11.4. The zero-order chi connectivity index (χ0) is 16.0. The van der Waals surface area contributed by atoms with E-state index in [0.29, 0.717) is 5.96 Å². The number of ether oxygens (including phenoxy) is 1. The molecule has 3 N–H and O–H groups in total. The van der Waals surface area contributed by atoms with Crippen molar-refractivity contribution in [2.75, 3.05) is 38.2 Å². The molecule has 1 aromatic rings. The predicted molar refractivity (Wildman–Crippen MR) is 92.6 cm³/mol. The maximum absolute atomic E-state index is 6.07. The second kappa shape index (κ2) is 7.75. The summed E-state index contributed by atoms with van der Waals surface area (Å²) in [6.45, 7) is 4.41. The summed E-state index contributed by atoms with van der Waals surface area (Å²) < 4.78 is 5.52. The van der Waals surface area contributed by atoms with Gasteiger partial charge >= 0.3 is 0 Å². The Morgan fingerprint density at radius 3 is 2.74 bits per heavy atom. The van der Waals surface area contributed by atoms with Crippen LogP contribution in [0.3, 0.4) is 0 Å². The van der Waals surface area contributed by atoms with Crippen molar-refractivity contribution in [3.8, 4) is 0 Å². The van der Waals surface area contributed by atoms with Crippen LogP contribution in [0.25, 0.3) is 0 Å². The van der Waals surface area contributed by atoms with E-state index < -0.39 is 0 Å². The fraction of sp³-hybridized carbons (Fsp3) is 0.647. The molecule has 6 heteroatoms. The summed E-state index contributed by atoms with van der Waals surface area (Å²) in [5, 5.41) is 3.08. The van der Waals surface area contributed by atoms with E-state index in [4.69, 9.17) is 10.5 Å². The lowest BCUT2D eigenvalue weighted by Crippen LogP contribution is -2.56. The molecule has 3 rings (SSSR count). The first-order valence-electron chi connectivity index (χ1n) is 8.59. The number of hydrogen-bond donors (Lipinski definition) is 2. The molecule has 126 valence electrons. The highest BCUT2D eigenvalue weighted by molar-refractivity contribution is 5.91. The number of guanidine groups is 1. The third kappa shape index (κ3) is 4.20. The van der Waals surface area contributed by atoms with Gasteiger partial charge in [0, 0.05) is 24.8 Å². The number of hydrogen-bond acceptors (Lipinski definition) is 4. The molecule has 1 aliphatic heterocycles. The van der Waals surface area contributed by atoms with E-state index in [9.17, 15) is 0 Å². The third-order valence-electron chi connectivity index (χ3n) is 4.93. The first-order chi connectivity index (χ1) is 11.3. The van der Waals surface area contributed by atoms with E-state index in [1.54, 1.807) is 6.20 Å². The third-order valence-corrected chi connectivity index (χ3v) is 4.93. The van der Waals surface area contributed by atoms with E-state index >= 15 is 0 Å². The van der Waals surface area contributed by atoms with Crippen LogP contribution in [0.1, 0.15) is 32.1 Å². The predicted octanol–water partition coefficient (Wildman–Crippen LogP) is 1.84. The van der Waals surface area contributed by atoms with Crippen molar-refractivity contribution in [3.63, 3.8) is 0 Å². The molecule has 0 amide bonds. The quantitative estimate of drug-likeness (QED) is 0.655. The average Bonchev–Trinajstić information content (AvgIpc) is 2.62. The zero-order valence-corrected chi connectivity index (χ0v) is 13.7. The van der Waals surface area contributed by atoms with Crippen LogP contribution >= 0.6 is 0 Å². The lowest BCUT2D eigenvalue weighted by molar-refractivity contribution is -0.0333. The van der Waals surface area contributed by atoms with E-state index in [1.165, 1.54) is 32.1 Å². The van der Waals surface area contributed by atoms with Crippen molar-refractivity contribution in [2.45, 2.75) is 37.6 Å². The molecule has 1 aliphatic carbocycles. The number of morpholine rings is 1. The Kier molecular flexibility index (Phi) is 5.46. The molecule has 0 atom stereocenters. The molecule has 0 bridgehead atoms. The number of nitrogens with one attached hydrogen (secondary N) is 1. The molecule has 0 unspecified atom stereocenters. The molecule has 0 aromatic carbocycles. The summed E-state index contributed by atoms with van der Waals surface area (Å²) >= 11 is 0. The minimum absolute atomic E-state index is 0.151. The van der Waals surface area contributed by atoms with Crippen molar-refractivity contribution < 1.29 is 4.74 Å². The minimum atomic E-state index is 0.151. The summed E-state index contributed by atoms with van der Waals surface area (Å²) in [6, 6.07) is 5.70. The van der Waals surface area contributed by atoms with Crippen LogP contribution in [0.4, 0.5) is 5.82 Å². The Labute approximate surface area is 138 Å². The summed E-state index contributed by atoms with van der Waals surface area (Å²) in [6.07, 6.45) is 8.03. The highest BCUT2D eigenvalue weighted by Gasteiger charge is 2.38. The second-order valence-electron chi connectivity index (χ2n) is 6.43. The number of aliphatic imine (C=N–C) groups is 1. The molecule has 6 nitrogen and oxygen atoms in total. The Bertz CT molecular complexity index is 507. The molecule has 1 aromatic heterocycles. The fourth-order valence-corrected chi connectivity index (χ4v) is 3.66. The van der Waals surface area contributed by atoms with Gasteiger partial charge in [0.15, 0.2) is 5.96 Å². The van der Waals surface area contributed by atoms with Gasteiger partial charge in [-0.1, -0.05) is 25.3 Å². The van der Waals surface area contributed by atoms with Crippen LogP contribution in [-0.4, -0.2) is 54.2 Å². The Balaban J connectivity index is 1.66. The first kappa shape index (κ1) is 16.2. The lowest BCUT2D eigenvalue weighted by Gasteiger charge is -2.47. The number of nitrogens with two attached hydrogens (primary N) is 1. The highest BCUT2D eigenvalue weighted by atomic mass is 16.5. The monoisotopic (exact) mass is 317 g/mol. The standard InChI is InChI=1S/C17H27N5O/c18-16(21-15-6-2-5-9-19-15)20-14-17(7-3-1-4-8-17)22-10-12-23-13-11-22/h2,5-6,9H,1,3-4,7-8,10-14H2,(H3,18,19,20,21). The van der Waals surface area contributed by atoms with Crippen molar-refractivity contribution in [1.29, 1.82) is 0 Å². The van der Waals surface area contributed by atoms with E-state index in [1.807, 2.05) is 18.2 Å². The summed E-state index contributed by atoms with van der Waals surface area (Å²) in [5.41, 5.74) is 6.22. The topological polar surface area (TPSA) is 75.8 Å². The van der Waals surface area contributed by atoms with Gasteiger partial charge in [-0.05, 0) is 25.0 Å². The van der Waals surface area contributed by atoms with Crippen molar-refractivity contribution in [2.24, 2.45) is 10.7 Å². The van der Waals surface area contributed by atoms with Crippen LogP contribution in [0.2, 0.25) is 0 Å². The Hall–Kier alpha value is -1.66. The summed E-state index contributed by atoms with van der Waals surface area (Å²) in [7, 11) is 0. The Morgan fingerprint density at radius 2 is 2.04 bits per heavy atom. The van der Waals surface area contributed by atoms with Crippen LogP contribution in [-0.2, 0) is 4.74 Å². The van der Waals surface area contributed by atoms with Gasteiger partial charge in [0.1, 0.15) is 5.82 Å². The largest absolute Gasteiger partial charge is 0.379 e. The van der Waals surface area contributed by atoms with Crippen LogP contribution in [0, 0.1) is 0 Å². The molecule has 2 heterocycles. The molecular weight excluding hydrogens is 290 g/mol. The lowest BCUT2D eigenvalue weighted by atomic mass is 9.80. The highest BCUT2D eigenvalue weighted by Crippen LogP contribution is 2.34. The van der Waals surface area contributed by atoms with Crippen molar-refractivity contribution in [1.82, 2.24) is 9.88 Å². The van der Waals surface area contributed by atoms with Gasteiger partial charge in [0.25, 0.3) is 0 Å². The molecular formula is C17H27N5O. The van der Waals surface area contributed by atoms with E-state index in [-0.39, 0.29) is 5.54 Å². The normalized spacial score (nSPS) is 22.7. The number of rotatable bonds is 4. The minimum Gasteiger partial charge on any atom is -0.379 e. The van der Waals surface area contributed by atoms with Crippen LogP contribution in [0.15, 0.2) is 29.4 Å². The maximum Gasteiger partial charge on any atom is 0.194 e. The average molecular weight is 317 g/mol. The fourth-order valence-electron chi connectivity index (χ4n) is 3.66. The Morgan fingerprint density at radius 1 is 1.26 bits per heavy atom. The van der Waals surface area contributed by atoms with Gasteiger partial charge in [0.2, 0.25) is 0 Å². The SMILES string of the molecule is NC(=NCC1(N2CCOCC2)CCCCC1)Nc1ccccn1. The number of pyridine rings is 1.